The monoisotopic (exact) mass is 413 g/mol. The summed E-state index contributed by atoms with van der Waals surface area (Å²) >= 11 is 0. The molecule has 5 nitrogen and oxygen atoms in total. The zero-order chi connectivity index (χ0) is 21.2. The van der Waals surface area contributed by atoms with Crippen molar-refractivity contribution in [2.75, 3.05) is 6.61 Å². The van der Waals surface area contributed by atoms with Gasteiger partial charge in [0, 0.05) is 0 Å². The largest absolute Gasteiger partial charge is 0.460 e. The normalized spacial score (nSPS) is 24.8. The van der Waals surface area contributed by atoms with Crippen LogP contribution in [0, 0.1) is 5.92 Å². The quantitative estimate of drug-likeness (QED) is 0.467. The number of amides is 1. The van der Waals surface area contributed by atoms with Crippen LogP contribution in [0.25, 0.3) is 0 Å². The maximum atomic E-state index is 13.6. The molecule has 0 aliphatic carbocycles. The van der Waals surface area contributed by atoms with Crippen LogP contribution in [-0.4, -0.2) is 29.6 Å². The third kappa shape index (κ3) is 3.62. The lowest BCUT2D eigenvalue weighted by atomic mass is 9.87. The number of fused-ring (bicyclic) bond motifs is 1. The summed E-state index contributed by atoms with van der Waals surface area (Å²) in [4.78, 5) is 28.5. The topological polar surface area (TPSA) is 55.8 Å². The fourth-order valence-electron chi connectivity index (χ4n) is 4.59. The van der Waals surface area contributed by atoms with Crippen molar-refractivity contribution in [3.05, 3.63) is 108 Å². The number of hydrogen-bond acceptors (Lipinski definition) is 4. The van der Waals surface area contributed by atoms with Crippen molar-refractivity contribution in [1.29, 1.82) is 0 Å². The molecular weight excluding hydrogens is 390 g/mol. The minimum absolute atomic E-state index is 0.138. The van der Waals surface area contributed by atoms with Gasteiger partial charge in [0.2, 0.25) is 5.91 Å². The molecule has 0 unspecified atom stereocenters. The second kappa shape index (κ2) is 8.36. The van der Waals surface area contributed by atoms with E-state index in [9.17, 15) is 9.59 Å². The Morgan fingerprint density at radius 2 is 1.45 bits per heavy atom. The van der Waals surface area contributed by atoms with Crippen molar-refractivity contribution in [3.8, 4) is 0 Å². The van der Waals surface area contributed by atoms with Crippen molar-refractivity contribution < 1.29 is 19.1 Å². The zero-order valence-corrected chi connectivity index (χ0v) is 17.0. The molecule has 3 aromatic carbocycles. The summed E-state index contributed by atoms with van der Waals surface area (Å²) in [6.45, 7) is 0.550. The Labute approximate surface area is 181 Å². The summed E-state index contributed by atoms with van der Waals surface area (Å²) in [5.74, 6) is -2.08. The molecule has 0 radical (unpaired) electrons. The van der Waals surface area contributed by atoms with Gasteiger partial charge in [0.1, 0.15) is 18.8 Å². The van der Waals surface area contributed by atoms with Gasteiger partial charge in [0.05, 0.1) is 18.6 Å². The number of carbonyl (C=O) groups excluding carboxylic acids is 2. The first-order chi connectivity index (χ1) is 15.2. The van der Waals surface area contributed by atoms with Gasteiger partial charge >= 0.3 is 5.97 Å². The number of hydrogen-bond donors (Lipinski definition) is 0. The second-order valence-corrected chi connectivity index (χ2v) is 7.90. The number of esters is 1. The van der Waals surface area contributed by atoms with Gasteiger partial charge < -0.3 is 14.4 Å². The van der Waals surface area contributed by atoms with Crippen molar-refractivity contribution in [2.24, 2.45) is 5.92 Å². The maximum absolute atomic E-state index is 13.6. The molecule has 2 heterocycles. The molecule has 31 heavy (non-hydrogen) atoms. The van der Waals surface area contributed by atoms with Crippen molar-refractivity contribution in [3.63, 3.8) is 0 Å². The number of benzene rings is 3. The van der Waals surface area contributed by atoms with E-state index in [-0.39, 0.29) is 18.6 Å². The Hall–Kier alpha value is -3.44. The van der Waals surface area contributed by atoms with Gasteiger partial charge in [0.25, 0.3) is 0 Å². The first-order valence-electron chi connectivity index (χ1n) is 10.5. The van der Waals surface area contributed by atoms with Crippen LogP contribution in [0.15, 0.2) is 91.0 Å². The van der Waals surface area contributed by atoms with Crippen molar-refractivity contribution in [2.45, 2.75) is 24.8 Å². The lowest BCUT2D eigenvalue weighted by molar-refractivity contribution is -0.154. The van der Waals surface area contributed by atoms with E-state index in [0.717, 1.165) is 16.7 Å². The summed E-state index contributed by atoms with van der Waals surface area (Å²) in [6, 6.07) is 28.7. The van der Waals surface area contributed by atoms with E-state index in [1.165, 1.54) is 0 Å². The fraction of sp³-hybridized carbons (Fsp3) is 0.231. The minimum atomic E-state index is -0.928. The van der Waals surface area contributed by atoms with E-state index in [1.807, 2.05) is 91.0 Å². The smallest absolute Gasteiger partial charge is 0.319 e. The predicted molar refractivity (Wildman–Crippen MR) is 115 cm³/mol. The van der Waals surface area contributed by atoms with Crippen LogP contribution >= 0.6 is 0 Å². The Bertz CT molecular complexity index is 1050. The van der Waals surface area contributed by atoms with E-state index in [2.05, 4.69) is 0 Å². The van der Waals surface area contributed by atoms with E-state index >= 15 is 0 Å². The highest BCUT2D eigenvalue weighted by molar-refractivity contribution is 6.01. The van der Waals surface area contributed by atoms with Gasteiger partial charge in [-0.15, -0.1) is 0 Å². The van der Waals surface area contributed by atoms with Crippen molar-refractivity contribution in [1.82, 2.24) is 4.90 Å². The first-order valence-corrected chi connectivity index (χ1v) is 10.5. The molecule has 3 aromatic rings. The molecule has 4 atom stereocenters. The highest BCUT2D eigenvalue weighted by atomic mass is 16.5. The van der Waals surface area contributed by atoms with Crippen molar-refractivity contribution >= 4 is 11.9 Å². The van der Waals surface area contributed by atoms with Crippen LogP contribution in [0.5, 0.6) is 0 Å². The molecular formula is C26H23NO4. The zero-order valence-electron chi connectivity index (χ0n) is 17.0. The number of carbonyl (C=O) groups is 2. The third-order valence-corrected chi connectivity index (χ3v) is 6.07. The highest BCUT2D eigenvalue weighted by Gasteiger charge is 2.58. The van der Waals surface area contributed by atoms with Gasteiger partial charge in [-0.3, -0.25) is 9.59 Å². The summed E-state index contributed by atoms with van der Waals surface area (Å²) in [5.41, 5.74) is 2.79. The predicted octanol–water partition coefficient (Wildman–Crippen LogP) is 4.07. The molecule has 1 amide bonds. The van der Waals surface area contributed by atoms with Crippen LogP contribution in [0.3, 0.4) is 0 Å². The van der Waals surface area contributed by atoms with E-state index in [4.69, 9.17) is 9.47 Å². The van der Waals surface area contributed by atoms with E-state index < -0.39 is 24.0 Å². The molecule has 5 rings (SSSR count). The molecule has 2 aliphatic rings. The van der Waals surface area contributed by atoms with E-state index in [0.29, 0.717) is 6.61 Å². The lowest BCUT2D eigenvalue weighted by Gasteiger charge is -2.23. The number of ether oxygens (including phenoxy) is 2. The molecule has 2 fully saturated rings. The summed E-state index contributed by atoms with van der Waals surface area (Å²) < 4.78 is 11.7. The average molecular weight is 413 g/mol. The van der Waals surface area contributed by atoms with Crippen LogP contribution in [0.4, 0.5) is 0 Å². The fourth-order valence-corrected chi connectivity index (χ4v) is 4.59. The number of rotatable bonds is 5. The molecule has 2 saturated heterocycles. The Balaban J connectivity index is 1.45. The summed E-state index contributed by atoms with van der Waals surface area (Å²) in [6.07, 6.45) is -0.491. The first kappa shape index (κ1) is 19.5. The number of nitrogens with zero attached hydrogens (tertiary/aromatic N) is 1. The standard InChI is InChI=1S/C26H23NO4/c28-24-23(26(29)31-16-18-10-4-1-5-11-18)22(20-14-8-3-9-15-20)25-27(24)21(17-30-25)19-12-6-2-7-13-19/h1-15,21-23,25H,16-17H2/t21-,22+,23+,25-/m1/s1. The molecule has 0 spiro atoms. The second-order valence-electron chi connectivity index (χ2n) is 7.90. The van der Waals surface area contributed by atoms with Crippen LogP contribution in [0.2, 0.25) is 0 Å². The van der Waals surface area contributed by atoms with E-state index in [1.54, 1.807) is 4.90 Å². The van der Waals surface area contributed by atoms with Crippen LogP contribution < -0.4 is 0 Å². The molecule has 0 aromatic heterocycles. The summed E-state index contributed by atoms with van der Waals surface area (Å²) in [7, 11) is 0. The van der Waals surface area contributed by atoms with Gasteiger partial charge in [0.15, 0.2) is 0 Å². The Morgan fingerprint density at radius 3 is 2.10 bits per heavy atom. The molecule has 0 saturated carbocycles. The maximum Gasteiger partial charge on any atom is 0.319 e. The molecule has 5 heteroatoms. The minimum Gasteiger partial charge on any atom is -0.460 e. The Kier molecular flexibility index (Phi) is 5.26. The van der Waals surface area contributed by atoms with Crippen LogP contribution in [0.1, 0.15) is 28.7 Å². The average Bonchev–Trinajstić information content (AvgIpc) is 3.38. The molecule has 156 valence electrons. The molecule has 0 bridgehead atoms. The summed E-state index contributed by atoms with van der Waals surface area (Å²) in [5, 5.41) is 0. The van der Waals surface area contributed by atoms with Gasteiger partial charge in [-0.05, 0) is 16.7 Å². The van der Waals surface area contributed by atoms with Gasteiger partial charge in [-0.25, -0.2) is 0 Å². The van der Waals surface area contributed by atoms with Gasteiger partial charge in [-0.1, -0.05) is 91.0 Å². The highest BCUT2D eigenvalue weighted by Crippen LogP contribution is 2.48. The Morgan fingerprint density at radius 1 is 0.871 bits per heavy atom. The molecule has 0 N–H and O–H groups in total. The molecule has 2 aliphatic heterocycles. The van der Waals surface area contributed by atoms with Crippen LogP contribution in [-0.2, 0) is 25.7 Å². The third-order valence-electron chi connectivity index (χ3n) is 6.07. The van der Waals surface area contributed by atoms with Gasteiger partial charge in [-0.2, -0.15) is 0 Å². The lowest BCUT2D eigenvalue weighted by Crippen LogP contribution is -2.34. The SMILES string of the molecule is O=C(OCc1ccccc1)[C@@H]1C(=O)N2[C@@H](c3ccccc3)CO[C@@H]2[C@H]1c1ccccc1.